The molecule has 1 heterocycles. The van der Waals surface area contributed by atoms with Crippen molar-refractivity contribution in [2.45, 2.75) is 19.8 Å². The van der Waals surface area contributed by atoms with Crippen molar-refractivity contribution in [3.8, 4) is 5.75 Å². The average molecular weight is 264 g/mol. The lowest BCUT2D eigenvalue weighted by Crippen LogP contribution is -2.40. The predicted octanol–water partition coefficient (Wildman–Crippen LogP) is 3.12. The second-order valence-corrected chi connectivity index (χ2v) is 5.21. The van der Waals surface area contributed by atoms with Crippen LogP contribution in [0.25, 0.3) is 0 Å². The van der Waals surface area contributed by atoms with Gasteiger partial charge in [0.2, 0.25) is 0 Å². The van der Waals surface area contributed by atoms with Crippen LogP contribution in [0, 0.1) is 5.92 Å². The molecule has 1 aromatic rings. The lowest BCUT2D eigenvalue weighted by molar-refractivity contribution is 0.283. The third kappa shape index (κ3) is 3.35. The van der Waals surface area contributed by atoms with Crippen LogP contribution in [0.4, 0.5) is 5.69 Å². The number of ether oxygens (including phenoxy) is 1. The number of nitrogens with zero attached hydrogens (tertiary/aromatic N) is 1. The van der Waals surface area contributed by atoms with Crippen LogP contribution >= 0.6 is 12.2 Å². The van der Waals surface area contributed by atoms with Gasteiger partial charge in [-0.05, 0) is 55.2 Å². The minimum absolute atomic E-state index is 0.824. The van der Waals surface area contributed by atoms with Crippen molar-refractivity contribution in [2.24, 2.45) is 5.92 Å². The van der Waals surface area contributed by atoms with E-state index >= 15 is 0 Å². The standard InChI is InChI=1S/C14H20N2OS/c1-11-7-9-16(10-8-11)14(18)15-12-3-5-13(17-2)6-4-12/h3-6,11H,7-10H2,1-2H3,(H,15,18). The van der Waals surface area contributed by atoms with Gasteiger partial charge in [0, 0.05) is 18.8 Å². The molecule has 3 nitrogen and oxygen atoms in total. The van der Waals surface area contributed by atoms with Crippen molar-refractivity contribution in [1.82, 2.24) is 4.90 Å². The highest BCUT2D eigenvalue weighted by Crippen LogP contribution is 2.19. The molecule has 1 fully saturated rings. The van der Waals surface area contributed by atoms with Crippen molar-refractivity contribution in [1.29, 1.82) is 0 Å². The molecule has 0 amide bonds. The van der Waals surface area contributed by atoms with Crippen LogP contribution < -0.4 is 10.1 Å². The minimum atomic E-state index is 0.824. The van der Waals surface area contributed by atoms with E-state index in [-0.39, 0.29) is 0 Å². The average Bonchev–Trinajstić information content (AvgIpc) is 2.40. The number of nitrogens with one attached hydrogen (secondary N) is 1. The maximum atomic E-state index is 5.44. The van der Waals surface area contributed by atoms with E-state index in [9.17, 15) is 0 Å². The Hall–Kier alpha value is -1.29. The molecule has 2 rings (SSSR count). The monoisotopic (exact) mass is 264 g/mol. The number of hydrogen-bond donors (Lipinski definition) is 1. The number of thiocarbonyl (C=S) groups is 1. The summed E-state index contributed by atoms with van der Waals surface area (Å²) in [6.45, 7) is 4.42. The van der Waals surface area contributed by atoms with E-state index in [1.807, 2.05) is 24.3 Å². The molecular formula is C14H20N2OS. The van der Waals surface area contributed by atoms with Crippen LogP contribution in [0.1, 0.15) is 19.8 Å². The van der Waals surface area contributed by atoms with E-state index < -0.39 is 0 Å². The highest BCUT2D eigenvalue weighted by Gasteiger charge is 2.17. The first-order chi connectivity index (χ1) is 8.69. The summed E-state index contributed by atoms with van der Waals surface area (Å²) in [4.78, 5) is 2.25. The fraction of sp³-hybridized carbons (Fsp3) is 0.500. The van der Waals surface area contributed by atoms with Gasteiger partial charge < -0.3 is 15.0 Å². The van der Waals surface area contributed by atoms with Gasteiger partial charge in [-0.3, -0.25) is 0 Å². The van der Waals surface area contributed by atoms with Crippen LogP contribution in [-0.4, -0.2) is 30.2 Å². The molecule has 18 heavy (non-hydrogen) atoms. The van der Waals surface area contributed by atoms with E-state index in [1.165, 1.54) is 12.8 Å². The van der Waals surface area contributed by atoms with E-state index in [0.29, 0.717) is 0 Å². The Morgan fingerprint density at radius 2 is 1.89 bits per heavy atom. The van der Waals surface area contributed by atoms with E-state index in [4.69, 9.17) is 17.0 Å². The van der Waals surface area contributed by atoms with E-state index in [0.717, 1.165) is 35.6 Å². The summed E-state index contributed by atoms with van der Waals surface area (Å²) in [6.07, 6.45) is 2.45. The number of hydrogen-bond acceptors (Lipinski definition) is 2. The zero-order chi connectivity index (χ0) is 13.0. The Morgan fingerprint density at radius 1 is 1.28 bits per heavy atom. The SMILES string of the molecule is COc1ccc(NC(=S)N2CCC(C)CC2)cc1. The maximum absolute atomic E-state index is 5.44. The number of likely N-dealkylation sites (tertiary alicyclic amines) is 1. The van der Waals surface area contributed by atoms with Gasteiger partial charge in [-0.1, -0.05) is 6.92 Å². The molecule has 0 aromatic heterocycles. The van der Waals surface area contributed by atoms with Gasteiger partial charge in [0.1, 0.15) is 5.75 Å². The molecular weight excluding hydrogens is 244 g/mol. The Labute approximate surface area is 114 Å². The first-order valence-electron chi connectivity index (χ1n) is 6.39. The molecule has 0 spiro atoms. The molecule has 0 atom stereocenters. The molecule has 0 bridgehead atoms. The van der Waals surface area contributed by atoms with Crippen LogP contribution in [0.5, 0.6) is 5.75 Å². The van der Waals surface area contributed by atoms with Crippen molar-refractivity contribution in [2.75, 3.05) is 25.5 Å². The van der Waals surface area contributed by atoms with Crippen molar-refractivity contribution in [3.63, 3.8) is 0 Å². The zero-order valence-electron chi connectivity index (χ0n) is 11.0. The van der Waals surface area contributed by atoms with Gasteiger partial charge in [0.25, 0.3) is 0 Å². The quantitative estimate of drug-likeness (QED) is 0.830. The van der Waals surface area contributed by atoms with Gasteiger partial charge in [0.15, 0.2) is 5.11 Å². The van der Waals surface area contributed by atoms with Crippen LogP contribution in [0.15, 0.2) is 24.3 Å². The molecule has 1 aliphatic rings. The summed E-state index contributed by atoms with van der Waals surface area (Å²) < 4.78 is 5.13. The number of anilines is 1. The lowest BCUT2D eigenvalue weighted by atomic mass is 10.00. The van der Waals surface area contributed by atoms with Crippen LogP contribution in [0.3, 0.4) is 0 Å². The molecule has 1 aliphatic heterocycles. The first kappa shape index (κ1) is 13.1. The molecule has 1 saturated heterocycles. The van der Waals surface area contributed by atoms with Gasteiger partial charge in [0.05, 0.1) is 7.11 Å². The van der Waals surface area contributed by atoms with E-state index in [1.54, 1.807) is 7.11 Å². The number of piperidine rings is 1. The topological polar surface area (TPSA) is 24.5 Å². The molecule has 0 aliphatic carbocycles. The largest absolute Gasteiger partial charge is 0.497 e. The Kier molecular flexibility index (Phi) is 4.42. The fourth-order valence-electron chi connectivity index (χ4n) is 2.09. The third-order valence-electron chi connectivity index (χ3n) is 3.41. The maximum Gasteiger partial charge on any atom is 0.173 e. The van der Waals surface area contributed by atoms with Crippen LogP contribution in [-0.2, 0) is 0 Å². The van der Waals surface area contributed by atoms with Gasteiger partial charge >= 0.3 is 0 Å². The Morgan fingerprint density at radius 3 is 2.44 bits per heavy atom. The van der Waals surface area contributed by atoms with Gasteiger partial charge in [-0.15, -0.1) is 0 Å². The zero-order valence-corrected chi connectivity index (χ0v) is 11.8. The number of rotatable bonds is 2. The highest BCUT2D eigenvalue weighted by atomic mass is 32.1. The molecule has 0 saturated carbocycles. The molecule has 0 radical (unpaired) electrons. The first-order valence-corrected chi connectivity index (χ1v) is 6.80. The van der Waals surface area contributed by atoms with Crippen molar-refractivity contribution < 1.29 is 4.74 Å². The lowest BCUT2D eigenvalue weighted by Gasteiger charge is -2.32. The number of methoxy groups -OCH3 is 1. The summed E-state index contributed by atoms with van der Waals surface area (Å²) in [6, 6.07) is 7.84. The second kappa shape index (κ2) is 6.05. The fourth-order valence-corrected chi connectivity index (χ4v) is 2.39. The predicted molar refractivity (Wildman–Crippen MR) is 79.2 cm³/mol. The molecule has 4 heteroatoms. The second-order valence-electron chi connectivity index (χ2n) is 4.83. The summed E-state index contributed by atoms with van der Waals surface area (Å²) >= 11 is 5.44. The van der Waals surface area contributed by atoms with Crippen molar-refractivity contribution >= 4 is 23.0 Å². The molecule has 1 aromatic carbocycles. The third-order valence-corrected chi connectivity index (χ3v) is 3.77. The number of benzene rings is 1. The highest BCUT2D eigenvalue weighted by molar-refractivity contribution is 7.80. The molecule has 0 unspecified atom stereocenters. The summed E-state index contributed by atoms with van der Waals surface area (Å²) in [5.41, 5.74) is 1.01. The van der Waals surface area contributed by atoms with Gasteiger partial charge in [-0.25, -0.2) is 0 Å². The molecule has 98 valence electrons. The summed E-state index contributed by atoms with van der Waals surface area (Å²) in [5, 5.41) is 4.11. The minimum Gasteiger partial charge on any atom is -0.497 e. The Balaban J connectivity index is 1.90. The smallest absolute Gasteiger partial charge is 0.173 e. The van der Waals surface area contributed by atoms with Crippen molar-refractivity contribution in [3.05, 3.63) is 24.3 Å². The normalized spacial score (nSPS) is 16.4. The summed E-state index contributed by atoms with van der Waals surface area (Å²) in [7, 11) is 1.67. The summed E-state index contributed by atoms with van der Waals surface area (Å²) in [5.74, 6) is 1.68. The van der Waals surface area contributed by atoms with Crippen LogP contribution in [0.2, 0.25) is 0 Å². The molecule has 1 N–H and O–H groups in total. The Bertz CT molecular complexity index is 397. The van der Waals surface area contributed by atoms with E-state index in [2.05, 4.69) is 17.1 Å². The van der Waals surface area contributed by atoms with Gasteiger partial charge in [-0.2, -0.15) is 0 Å².